The summed E-state index contributed by atoms with van der Waals surface area (Å²) >= 11 is 2.98. The average Bonchev–Trinajstić information content (AvgIpc) is 2.46. The fourth-order valence-corrected chi connectivity index (χ4v) is 1.76. The van der Waals surface area contributed by atoms with Gasteiger partial charge in [-0.2, -0.15) is 8.78 Å². The predicted octanol–water partition coefficient (Wildman–Crippen LogP) is 4.87. The molecule has 2 aromatic carbocycles. The van der Waals surface area contributed by atoms with Crippen molar-refractivity contribution in [3.05, 3.63) is 84.9 Å². The molecule has 0 spiro atoms. The molecule has 23 heavy (non-hydrogen) atoms. The van der Waals surface area contributed by atoms with E-state index in [1.54, 1.807) is 0 Å². The highest BCUT2D eigenvalue weighted by atomic mass is 79.9. The highest BCUT2D eigenvalue weighted by Crippen LogP contribution is 2.20. The van der Waals surface area contributed by atoms with Crippen LogP contribution in [0.4, 0.5) is 20.2 Å². The van der Waals surface area contributed by atoms with Crippen LogP contribution in [-0.2, 0) is 0 Å². The van der Waals surface area contributed by atoms with Crippen LogP contribution in [0.1, 0.15) is 5.56 Å². The maximum absolute atomic E-state index is 12.8. The number of nitro groups is 2. The van der Waals surface area contributed by atoms with E-state index in [1.165, 1.54) is 18.2 Å². The van der Waals surface area contributed by atoms with E-state index in [0.717, 1.165) is 24.3 Å². The zero-order valence-corrected chi connectivity index (χ0v) is 13.0. The molecule has 9 heteroatoms. The third-order valence-corrected chi connectivity index (χ3v) is 3.00. The number of nitro benzene ring substituents is 2. The van der Waals surface area contributed by atoms with Crippen LogP contribution in [0.3, 0.4) is 0 Å². The molecular formula is C14H9BrF2N2O4. The number of halogens is 3. The molecule has 0 saturated heterocycles. The van der Waals surface area contributed by atoms with Gasteiger partial charge in [0.15, 0.2) is 0 Å². The van der Waals surface area contributed by atoms with Gasteiger partial charge in [0.25, 0.3) is 0 Å². The Bertz CT molecular complexity index is 768. The molecule has 0 unspecified atom stereocenters. The van der Waals surface area contributed by atoms with E-state index >= 15 is 0 Å². The summed E-state index contributed by atoms with van der Waals surface area (Å²) in [6, 6.07) is 7.21. The number of hydrogen-bond donors (Lipinski definition) is 0. The van der Waals surface area contributed by atoms with Crippen molar-refractivity contribution in [2.24, 2.45) is 0 Å². The first-order valence-electron chi connectivity index (χ1n) is 5.92. The number of hydrogen-bond acceptors (Lipinski definition) is 4. The van der Waals surface area contributed by atoms with Gasteiger partial charge >= 0.3 is 11.4 Å². The predicted molar refractivity (Wildman–Crippen MR) is 83.9 cm³/mol. The average molecular weight is 387 g/mol. The Morgan fingerprint density at radius 1 is 0.957 bits per heavy atom. The Balaban J connectivity index is 0.000000231. The van der Waals surface area contributed by atoms with Gasteiger partial charge < -0.3 is 0 Å². The maximum Gasteiger partial charge on any atom is 0.304 e. The lowest BCUT2D eigenvalue weighted by Crippen LogP contribution is -1.92. The highest BCUT2D eigenvalue weighted by Gasteiger charge is 2.13. The van der Waals surface area contributed by atoms with Gasteiger partial charge in [0.2, 0.25) is 11.6 Å². The quantitative estimate of drug-likeness (QED) is 0.555. The Morgan fingerprint density at radius 3 is 1.83 bits per heavy atom. The van der Waals surface area contributed by atoms with Gasteiger partial charge in [0, 0.05) is 16.6 Å². The maximum atomic E-state index is 12.8. The standard InChI is InChI=1S/C8H6FNO2.C6H3BrFNO2/c1-2-6-3-4-8(10(11)12)7(9)5-6;7-4-1-2-6(9(10)11)5(8)3-4/h2-5H,1H2;1-3H. The van der Waals surface area contributed by atoms with Gasteiger partial charge in [-0.05, 0) is 29.8 Å². The summed E-state index contributed by atoms with van der Waals surface area (Å²) in [6.45, 7) is 3.41. The monoisotopic (exact) mass is 386 g/mol. The summed E-state index contributed by atoms with van der Waals surface area (Å²) in [6.07, 6.45) is 1.42. The molecule has 6 nitrogen and oxygen atoms in total. The summed E-state index contributed by atoms with van der Waals surface area (Å²) < 4.78 is 25.9. The topological polar surface area (TPSA) is 86.3 Å². The molecule has 0 bridgehead atoms. The van der Waals surface area contributed by atoms with E-state index in [2.05, 4.69) is 22.5 Å². The summed E-state index contributed by atoms with van der Waals surface area (Å²) in [7, 11) is 0. The molecule has 0 amide bonds. The van der Waals surface area contributed by atoms with Crippen LogP contribution in [0.2, 0.25) is 0 Å². The molecule has 2 rings (SSSR count). The smallest absolute Gasteiger partial charge is 0.258 e. The molecule has 0 aliphatic carbocycles. The number of benzene rings is 2. The first-order valence-corrected chi connectivity index (χ1v) is 6.71. The third-order valence-electron chi connectivity index (χ3n) is 2.51. The van der Waals surface area contributed by atoms with E-state index in [0.29, 0.717) is 10.0 Å². The van der Waals surface area contributed by atoms with Crippen LogP contribution < -0.4 is 0 Å². The minimum atomic E-state index is -0.836. The molecular weight excluding hydrogens is 378 g/mol. The van der Waals surface area contributed by atoms with Gasteiger partial charge in [0.1, 0.15) is 0 Å². The minimum absolute atomic E-state index is 0.487. The molecule has 120 valence electrons. The minimum Gasteiger partial charge on any atom is -0.258 e. The molecule has 0 radical (unpaired) electrons. The molecule has 2 aromatic rings. The summed E-state index contributed by atoms with van der Waals surface area (Å²) in [5, 5.41) is 20.2. The Morgan fingerprint density at radius 2 is 1.43 bits per heavy atom. The second-order valence-corrected chi connectivity index (χ2v) is 4.94. The molecule has 0 aromatic heterocycles. The number of rotatable bonds is 3. The SMILES string of the molecule is C=Cc1ccc([N+](=O)[O-])c(F)c1.O=[N+]([O-])c1ccc(Br)cc1F. The molecule has 0 atom stereocenters. The summed E-state index contributed by atoms with van der Waals surface area (Å²) in [5.74, 6) is -1.67. The van der Waals surface area contributed by atoms with E-state index in [-0.39, 0.29) is 0 Å². The third kappa shape index (κ3) is 5.22. The lowest BCUT2D eigenvalue weighted by molar-refractivity contribution is -0.387. The van der Waals surface area contributed by atoms with Crippen LogP contribution in [-0.4, -0.2) is 9.85 Å². The lowest BCUT2D eigenvalue weighted by atomic mass is 10.2. The molecule has 0 N–H and O–H groups in total. The summed E-state index contributed by atoms with van der Waals surface area (Å²) in [5.41, 5.74) is -0.494. The van der Waals surface area contributed by atoms with Crippen molar-refractivity contribution in [1.29, 1.82) is 0 Å². The van der Waals surface area contributed by atoms with Crippen LogP contribution >= 0.6 is 15.9 Å². The van der Waals surface area contributed by atoms with Crippen LogP contribution in [0.25, 0.3) is 6.08 Å². The van der Waals surface area contributed by atoms with Crippen molar-refractivity contribution >= 4 is 33.4 Å². The fraction of sp³-hybridized carbons (Fsp3) is 0. The molecule has 0 saturated carbocycles. The van der Waals surface area contributed by atoms with Crippen molar-refractivity contribution in [2.45, 2.75) is 0 Å². The van der Waals surface area contributed by atoms with Crippen LogP contribution in [0.15, 0.2) is 47.4 Å². The van der Waals surface area contributed by atoms with Gasteiger partial charge in [-0.25, -0.2) is 0 Å². The zero-order valence-electron chi connectivity index (χ0n) is 11.4. The number of nitrogens with zero attached hydrogens (tertiary/aromatic N) is 2. The van der Waals surface area contributed by atoms with E-state index < -0.39 is 32.9 Å². The largest absolute Gasteiger partial charge is 0.304 e. The second-order valence-electron chi connectivity index (χ2n) is 4.02. The summed E-state index contributed by atoms with van der Waals surface area (Å²) in [4.78, 5) is 18.7. The highest BCUT2D eigenvalue weighted by molar-refractivity contribution is 9.10. The molecule has 0 fully saturated rings. The Kier molecular flexibility index (Phi) is 6.46. The van der Waals surface area contributed by atoms with Gasteiger partial charge in [0.05, 0.1) is 9.85 Å². The van der Waals surface area contributed by atoms with Crippen molar-refractivity contribution < 1.29 is 18.6 Å². The van der Waals surface area contributed by atoms with E-state index in [4.69, 9.17) is 0 Å². The second kappa shape index (κ2) is 8.08. The van der Waals surface area contributed by atoms with E-state index in [1.807, 2.05) is 0 Å². The zero-order chi connectivity index (χ0) is 17.6. The van der Waals surface area contributed by atoms with Gasteiger partial charge in [-0.1, -0.05) is 28.6 Å². The molecule has 0 aliphatic rings. The van der Waals surface area contributed by atoms with Crippen molar-refractivity contribution in [3.63, 3.8) is 0 Å². The molecule has 0 aliphatic heterocycles. The van der Waals surface area contributed by atoms with Crippen molar-refractivity contribution in [2.75, 3.05) is 0 Å². The van der Waals surface area contributed by atoms with Gasteiger partial charge in [-0.3, -0.25) is 20.2 Å². The van der Waals surface area contributed by atoms with Crippen molar-refractivity contribution in [3.8, 4) is 0 Å². The van der Waals surface area contributed by atoms with Crippen LogP contribution in [0.5, 0.6) is 0 Å². The Labute approximate surface area is 137 Å². The lowest BCUT2D eigenvalue weighted by Gasteiger charge is -1.94. The van der Waals surface area contributed by atoms with Crippen LogP contribution in [0, 0.1) is 31.9 Å². The van der Waals surface area contributed by atoms with Gasteiger partial charge in [-0.15, -0.1) is 0 Å². The first kappa shape index (κ1) is 18.4. The first-order chi connectivity index (χ1) is 10.8. The van der Waals surface area contributed by atoms with E-state index in [9.17, 15) is 29.0 Å². The Hall–Kier alpha value is -2.68. The molecule has 0 heterocycles. The normalized spacial score (nSPS) is 9.52. The van der Waals surface area contributed by atoms with Crippen molar-refractivity contribution in [1.82, 2.24) is 0 Å². The fourth-order valence-electron chi connectivity index (χ4n) is 1.43.